The maximum atomic E-state index is 12.2. The van der Waals surface area contributed by atoms with Gasteiger partial charge in [0, 0.05) is 22.1 Å². The Kier molecular flexibility index (Phi) is 3.68. The Morgan fingerprint density at radius 1 is 1.25 bits per heavy atom. The summed E-state index contributed by atoms with van der Waals surface area (Å²) in [6, 6.07) is 10.8. The van der Waals surface area contributed by atoms with Gasteiger partial charge in [-0.2, -0.15) is 0 Å². The van der Waals surface area contributed by atoms with Crippen molar-refractivity contribution >= 4 is 39.1 Å². The number of hydrogen-bond acceptors (Lipinski definition) is 2. The molecule has 1 aliphatic rings. The first-order chi connectivity index (χ1) is 9.63. The zero-order chi connectivity index (χ0) is 14.1. The molecule has 102 valence electrons. The third-order valence-electron chi connectivity index (χ3n) is 3.13. The second-order valence-corrected chi connectivity index (χ2v) is 5.77. The molecular weight excluding hydrogens is 342 g/mol. The van der Waals surface area contributed by atoms with Crippen LogP contribution in [0, 0.1) is 0 Å². The Morgan fingerprint density at radius 2 is 2.10 bits per heavy atom. The van der Waals surface area contributed by atoms with E-state index in [2.05, 4.69) is 21.2 Å². The molecular formula is C15H11BrClNO2. The first kappa shape index (κ1) is 13.5. The van der Waals surface area contributed by atoms with Crippen molar-refractivity contribution in [3.8, 4) is 5.75 Å². The van der Waals surface area contributed by atoms with Crippen LogP contribution in [0.5, 0.6) is 5.75 Å². The molecule has 1 aliphatic heterocycles. The van der Waals surface area contributed by atoms with Crippen LogP contribution < -0.4 is 10.1 Å². The summed E-state index contributed by atoms with van der Waals surface area (Å²) in [5, 5.41) is 3.46. The van der Waals surface area contributed by atoms with E-state index in [0.717, 1.165) is 23.4 Å². The topological polar surface area (TPSA) is 38.3 Å². The highest BCUT2D eigenvalue weighted by atomic mass is 79.9. The minimum atomic E-state index is -0.166. The summed E-state index contributed by atoms with van der Waals surface area (Å²) in [5.41, 5.74) is 2.45. The molecule has 0 radical (unpaired) electrons. The molecule has 0 atom stereocenters. The molecule has 1 heterocycles. The monoisotopic (exact) mass is 351 g/mol. The molecule has 0 fully saturated rings. The fourth-order valence-electron chi connectivity index (χ4n) is 2.10. The van der Waals surface area contributed by atoms with Gasteiger partial charge >= 0.3 is 0 Å². The highest BCUT2D eigenvalue weighted by Crippen LogP contribution is 2.28. The minimum Gasteiger partial charge on any atom is -0.493 e. The lowest BCUT2D eigenvalue weighted by atomic mass is 10.1. The number of carbonyl (C=O) groups is 1. The van der Waals surface area contributed by atoms with Gasteiger partial charge in [0.1, 0.15) is 5.75 Å². The van der Waals surface area contributed by atoms with E-state index in [1.807, 2.05) is 18.2 Å². The molecule has 0 spiro atoms. The van der Waals surface area contributed by atoms with Gasteiger partial charge in [0.2, 0.25) is 0 Å². The lowest BCUT2D eigenvalue weighted by Gasteiger charge is -2.07. The van der Waals surface area contributed by atoms with E-state index in [4.69, 9.17) is 16.3 Å². The zero-order valence-corrected chi connectivity index (χ0v) is 12.8. The van der Waals surface area contributed by atoms with Gasteiger partial charge in [-0.1, -0.05) is 11.6 Å². The molecule has 0 saturated carbocycles. The molecule has 0 saturated heterocycles. The highest BCUT2D eigenvalue weighted by molar-refractivity contribution is 9.10. The Bertz CT molecular complexity index is 688. The number of benzene rings is 2. The first-order valence-corrected chi connectivity index (χ1v) is 7.33. The van der Waals surface area contributed by atoms with Crippen LogP contribution in [-0.4, -0.2) is 12.5 Å². The molecule has 0 aliphatic carbocycles. The molecule has 0 aromatic heterocycles. The summed E-state index contributed by atoms with van der Waals surface area (Å²) in [4.78, 5) is 12.2. The van der Waals surface area contributed by atoms with Gasteiger partial charge in [-0.25, -0.2) is 0 Å². The molecule has 1 amide bonds. The minimum absolute atomic E-state index is 0.166. The Hall–Kier alpha value is -1.52. The maximum absolute atomic E-state index is 12.2. The van der Waals surface area contributed by atoms with Crippen molar-refractivity contribution < 1.29 is 9.53 Å². The first-order valence-electron chi connectivity index (χ1n) is 6.15. The van der Waals surface area contributed by atoms with Crippen molar-refractivity contribution in [1.82, 2.24) is 0 Å². The average Bonchev–Trinajstić information content (AvgIpc) is 2.89. The van der Waals surface area contributed by atoms with Crippen LogP contribution in [0.2, 0.25) is 5.02 Å². The normalized spacial score (nSPS) is 12.7. The van der Waals surface area contributed by atoms with Crippen LogP contribution in [-0.2, 0) is 6.42 Å². The SMILES string of the molecule is O=C(Nc1ccc2c(c1)CCO2)c1ccc(Cl)c(Br)c1. The Balaban J connectivity index is 1.80. The van der Waals surface area contributed by atoms with Crippen molar-refractivity contribution in [2.45, 2.75) is 6.42 Å². The molecule has 5 heteroatoms. The van der Waals surface area contributed by atoms with Crippen molar-refractivity contribution in [3.05, 3.63) is 57.0 Å². The van der Waals surface area contributed by atoms with E-state index in [1.165, 1.54) is 0 Å². The van der Waals surface area contributed by atoms with Crippen LogP contribution >= 0.6 is 27.5 Å². The summed E-state index contributed by atoms with van der Waals surface area (Å²) in [6.45, 7) is 0.705. The van der Waals surface area contributed by atoms with Crippen LogP contribution in [0.25, 0.3) is 0 Å². The summed E-state index contributed by atoms with van der Waals surface area (Å²) >= 11 is 9.23. The van der Waals surface area contributed by atoms with Gasteiger partial charge < -0.3 is 10.1 Å². The van der Waals surface area contributed by atoms with Crippen LogP contribution in [0.3, 0.4) is 0 Å². The van der Waals surface area contributed by atoms with Gasteiger partial charge in [0.25, 0.3) is 5.91 Å². The quantitative estimate of drug-likeness (QED) is 0.875. The van der Waals surface area contributed by atoms with Crippen molar-refractivity contribution in [2.24, 2.45) is 0 Å². The number of anilines is 1. The summed E-state index contributed by atoms with van der Waals surface area (Å²) in [5.74, 6) is 0.735. The van der Waals surface area contributed by atoms with Crippen molar-refractivity contribution in [3.63, 3.8) is 0 Å². The van der Waals surface area contributed by atoms with E-state index >= 15 is 0 Å². The molecule has 0 bridgehead atoms. The van der Waals surface area contributed by atoms with Gasteiger partial charge in [-0.15, -0.1) is 0 Å². The van der Waals surface area contributed by atoms with Gasteiger partial charge in [-0.05, 0) is 57.9 Å². The van der Waals surface area contributed by atoms with Gasteiger partial charge in [0.05, 0.1) is 11.6 Å². The number of rotatable bonds is 2. The number of carbonyl (C=O) groups excluding carboxylic acids is 1. The average molecular weight is 353 g/mol. The third kappa shape index (κ3) is 2.67. The zero-order valence-electron chi connectivity index (χ0n) is 10.5. The third-order valence-corrected chi connectivity index (χ3v) is 4.34. The van der Waals surface area contributed by atoms with Crippen LogP contribution in [0.4, 0.5) is 5.69 Å². The fourth-order valence-corrected chi connectivity index (χ4v) is 2.60. The van der Waals surface area contributed by atoms with E-state index in [0.29, 0.717) is 21.7 Å². The van der Waals surface area contributed by atoms with E-state index < -0.39 is 0 Å². The Labute approximate surface area is 130 Å². The second-order valence-electron chi connectivity index (χ2n) is 4.50. The number of hydrogen-bond donors (Lipinski definition) is 1. The predicted molar refractivity (Wildman–Crippen MR) is 82.7 cm³/mol. The van der Waals surface area contributed by atoms with Gasteiger partial charge in [-0.3, -0.25) is 4.79 Å². The predicted octanol–water partition coefficient (Wildman–Crippen LogP) is 4.29. The lowest BCUT2D eigenvalue weighted by molar-refractivity contribution is 0.102. The molecule has 0 unspecified atom stereocenters. The number of halogens is 2. The fraction of sp³-hybridized carbons (Fsp3) is 0.133. The molecule has 2 aromatic carbocycles. The summed E-state index contributed by atoms with van der Waals surface area (Å²) in [6.07, 6.45) is 0.880. The molecule has 3 nitrogen and oxygen atoms in total. The number of fused-ring (bicyclic) bond motifs is 1. The largest absolute Gasteiger partial charge is 0.493 e. The van der Waals surface area contributed by atoms with E-state index in [9.17, 15) is 4.79 Å². The summed E-state index contributed by atoms with van der Waals surface area (Å²) < 4.78 is 6.14. The van der Waals surface area contributed by atoms with Crippen molar-refractivity contribution in [2.75, 3.05) is 11.9 Å². The number of nitrogens with one attached hydrogen (secondary N) is 1. The van der Waals surface area contributed by atoms with Crippen molar-refractivity contribution in [1.29, 1.82) is 0 Å². The van der Waals surface area contributed by atoms with E-state index in [-0.39, 0.29) is 5.91 Å². The number of ether oxygens (including phenoxy) is 1. The molecule has 3 rings (SSSR count). The molecule has 20 heavy (non-hydrogen) atoms. The number of amides is 1. The standard InChI is InChI=1S/C15H11BrClNO2/c16-12-8-10(1-3-13(12)17)15(19)18-11-2-4-14-9(7-11)5-6-20-14/h1-4,7-8H,5-6H2,(H,18,19). The molecule has 2 aromatic rings. The van der Waals surface area contributed by atoms with E-state index in [1.54, 1.807) is 18.2 Å². The lowest BCUT2D eigenvalue weighted by Crippen LogP contribution is -2.11. The maximum Gasteiger partial charge on any atom is 0.255 e. The smallest absolute Gasteiger partial charge is 0.255 e. The van der Waals surface area contributed by atoms with Crippen LogP contribution in [0.1, 0.15) is 15.9 Å². The summed E-state index contributed by atoms with van der Waals surface area (Å²) in [7, 11) is 0. The van der Waals surface area contributed by atoms with Crippen LogP contribution in [0.15, 0.2) is 40.9 Å². The van der Waals surface area contributed by atoms with Gasteiger partial charge in [0.15, 0.2) is 0 Å². The molecule has 1 N–H and O–H groups in total. The highest BCUT2D eigenvalue weighted by Gasteiger charge is 2.14. The second kappa shape index (κ2) is 5.46. The Morgan fingerprint density at radius 3 is 2.90 bits per heavy atom.